The lowest BCUT2D eigenvalue weighted by Crippen LogP contribution is -2.31. The molecule has 4 heteroatoms. The molecule has 0 aliphatic heterocycles. The van der Waals surface area contributed by atoms with Crippen LogP contribution >= 0.6 is 11.3 Å². The van der Waals surface area contributed by atoms with Crippen LogP contribution in [0.1, 0.15) is 16.7 Å². The van der Waals surface area contributed by atoms with Crippen molar-refractivity contribution in [1.29, 1.82) is 0 Å². The van der Waals surface area contributed by atoms with Gasteiger partial charge in [-0.1, -0.05) is 0 Å². The fraction of sp³-hybridized carbons (Fsp3) is 0.667. The van der Waals surface area contributed by atoms with E-state index in [0.29, 0.717) is 6.04 Å². The van der Waals surface area contributed by atoms with E-state index in [4.69, 9.17) is 4.74 Å². The van der Waals surface area contributed by atoms with Gasteiger partial charge in [0.05, 0.1) is 6.61 Å². The maximum atomic E-state index is 5.16. The highest BCUT2D eigenvalue weighted by Crippen LogP contribution is 2.18. The highest BCUT2D eigenvalue weighted by Gasteiger charge is 2.10. The number of ether oxygens (including phenoxy) is 1. The van der Waals surface area contributed by atoms with Gasteiger partial charge in [-0.25, -0.2) is 0 Å². The van der Waals surface area contributed by atoms with E-state index in [9.17, 15) is 0 Å². The van der Waals surface area contributed by atoms with E-state index in [-0.39, 0.29) is 0 Å². The van der Waals surface area contributed by atoms with Gasteiger partial charge in [-0.3, -0.25) is 4.90 Å². The summed E-state index contributed by atoms with van der Waals surface area (Å²) in [4.78, 5) is 5.12. The zero-order valence-electron chi connectivity index (χ0n) is 10.6. The molecule has 0 aliphatic carbocycles. The monoisotopic (exact) mass is 242 g/mol. The number of methoxy groups -OCH3 is 1. The number of hydrogen-bond acceptors (Lipinski definition) is 4. The van der Waals surface area contributed by atoms with Gasteiger partial charge in [-0.15, -0.1) is 11.3 Å². The molecule has 0 radical (unpaired) electrons. The van der Waals surface area contributed by atoms with Crippen molar-refractivity contribution in [3.05, 3.63) is 21.9 Å². The quantitative estimate of drug-likeness (QED) is 0.791. The van der Waals surface area contributed by atoms with Crippen LogP contribution in [0.15, 0.2) is 12.1 Å². The lowest BCUT2D eigenvalue weighted by Gasteiger charge is -2.23. The zero-order chi connectivity index (χ0) is 12.0. The summed E-state index contributed by atoms with van der Waals surface area (Å²) in [7, 11) is 5.87. The van der Waals surface area contributed by atoms with Crippen molar-refractivity contribution in [2.75, 3.05) is 27.8 Å². The Morgan fingerprint density at radius 3 is 2.75 bits per heavy atom. The molecule has 0 spiro atoms. The molecular formula is C12H22N2OS. The highest BCUT2D eigenvalue weighted by atomic mass is 32.1. The maximum absolute atomic E-state index is 5.16. The van der Waals surface area contributed by atoms with Crippen LogP contribution < -0.4 is 5.32 Å². The summed E-state index contributed by atoms with van der Waals surface area (Å²) in [6.07, 6.45) is 0. The SMILES string of the molecule is CNCc1ccc(CN(C)C(C)COC)s1. The van der Waals surface area contributed by atoms with E-state index < -0.39 is 0 Å². The summed E-state index contributed by atoms with van der Waals surface area (Å²) >= 11 is 1.88. The minimum atomic E-state index is 0.458. The van der Waals surface area contributed by atoms with Crippen LogP contribution in [0, 0.1) is 0 Å². The molecular weight excluding hydrogens is 220 g/mol. The van der Waals surface area contributed by atoms with E-state index in [1.165, 1.54) is 9.75 Å². The van der Waals surface area contributed by atoms with Gasteiger partial charge in [0.1, 0.15) is 0 Å². The molecule has 1 atom stereocenters. The maximum Gasteiger partial charge on any atom is 0.0615 e. The molecule has 1 rings (SSSR count). The van der Waals surface area contributed by atoms with E-state index in [1.807, 2.05) is 18.4 Å². The summed E-state index contributed by atoms with van der Waals surface area (Å²) in [5.74, 6) is 0. The summed E-state index contributed by atoms with van der Waals surface area (Å²) in [6.45, 7) is 4.93. The molecule has 92 valence electrons. The molecule has 0 aliphatic rings. The molecule has 1 heterocycles. The van der Waals surface area contributed by atoms with Gasteiger partial charge in [0.25, 0.3) is 0 Å². The molecule has 0 saturated carbocycles. The smallest absolute Gasteiger partial charge is 0.0615 e. The normalized spacial score (nSPS) is 13.3. The molecule has 0 aromatic carbocycles. The van der Waals surface area contributed by atoms with Crippen LogP contribution in [0.3, 0.4) is 0 Å². The second-order valence-corrected chi connectivity index (χ2v) is 5.37. The number of rotatable bonds is 7. The van der Waals surface area contributed by atoms with Gasteiger partial charge in [-0.2, -0.15) is 0 Å². The Kier molecular flexibility index (Phi) is 5.98. The van der Waals surface area contributed by atoms with Gasteiger partial charge in [0.15, 0.2) is 0 Å². The van der Waals surface area contributed by atoms with Gasteiger partial charge in [0.2, 0.25) is 0 Å². The Morgan fingerprint density at radius 2 is 2.12 bits per heavy atom. The number of thiophene rings is 1. The molecule has 3 nitrogen and oxygen atoms in total. The third-order valence-corrected chi connectivity index (χ3v) is 3.70. The molecule has 1 unspecified atom stereocenters. The second kappa shape index (κ2) is 7.01. The fourth-order valence-electron chi connectivity index (χ4n) is 1.55. The number of nitrogens with one attached hydrogen (secondary N) is 1. The number of nitrogens with zero attached hydrogens (tertiary/aromatic N) is 1. The first-order chi connectivity index (χ1) is 7.67. The third kappa shape index (κ3) is 4.22. The fourth-order valence-corrected chi connectivity index (χ4v) is 2.64. The van der Waals surface area contributed by atoms with Crippen LogP contribution in [0.2, 0.25) is 0 Å². The van der Waals surface area contributed by atoms with Crippen molar-refractivity contribution in [3.63, 3.8) is 0 Å². The highest BCUT2D eigenvalue weighted by molar-refractivity contribution is 7.11. The Balaban J connectivity index is 2.45. The first-order valence-corrected chi connectivity index (χ1v) is 6.40. The van der Waals surface area contributed by atoms with E-state index in [2.05, 4.69) is 36.3 Å². The number of likely N-dealkylation sites (N-methyl/N-ethyl adjacent to an activating group) is 1. The van der Waals surface area contributed by atoms with Crippen molar-refractivity contribution in [3.8, 4) is 0 Å². The summed E-state index contributed by atoms with van der Waals surface area (Å²) in [5, 5.41) is 3.17. The Bertz CT molecular complexity index is 301. The van der Waals surface area contributed by atoms with E-state index in [0.717, 1.165) is 19.7 Å². The van der Waals surface area contributed by atoms with Gasteiger partial charge >= 0.3 is 0 Å². The average molecular weight is 242 g/mol. The van der Waals surface area contributed by atoms with Gasteiger partial charge < -0.3 is 10.1 Å². The van der Waals surface area contributed by atoms with Crippen molar-refractivity contribution in [1.82, 2.24) is 10.2 Å². The number of hydrogen-bond donors (Lipinski definition) is 1. The Labute approximate surface area is 102 Å². The zero-order valence-corrected chi connectivity index (χ0v) is 11.4. The minimum absolute atomic E-state index is 0.458. The molecule has 0 amide bonds. The molecule has 1 aromatic heterocycles. The van der Waals surface area contributed by atoms with Crippen LogP contribution in [-0.4, -0.2) is 38.8 Å². The Morgan fingerprint density at radius 1 is 1.44 bits per heavy atom. The molecule has 1 N–H and O–H groups in total. The summed E-state index contributed by atoms with van der Waals surface area (Å²) in [6, 6.07) is 4.87. The average Bonchev–Trinajstić information content (AvgIpc) is 2.66. The van der Waals surface area contributed by atoms with Crippen molar-refractivity contribution in [2.45, 2.75) is 26.1 Å². The standard InChI is InChI=1S/C12H22N2OS/c1-10(9-15-4)14(3)8-12-6-5-11(16-12)7-13-2/h5-6,10,13H,7-9H2,1-4H3. The van der Waals surface area contributed by atoms with Crippen molar-refractivity contribution >= 4 is 11.3 Å². The first kappa shape index (κ1) is 13.6. The Hall–Kier alpha value is -0.420. The van der Waals surface area contributed by atoms with Crippen LogP contribution in [0.25, 0.3) is 0 Å². The topological polar surface area (TPSA) is 24.5 Å². The predicted octanol–water partition coefficient (Wildman–Crippen LogP) is 1.93. The minimum Gasteiger partial charge on any atom is -0.383 e. The van der Waals surface area contributed by atoms with Crippen LogP contribution in [-0.2, 0) is 17.8 Å². The summed E-state index contributed by atoms with van der Waals surface area (Å²) < 4.78 is 5.16. The molecule has 1 aromatic rings. The van der Waals surface area contributed by atoms with Crippen molar-refractivity contribution in [2.24, 2.45) is 0 Å². The molecule has 16 heavy (non-hydrogen) atoms. The second-order valence-electron chi connectivity index (χ2n) is 4.12. The molecule has 0 fully saturated rings. The third-order valence-electron chi connectivity index (χ3n) is 2.63. The molecule has 0 bridgehead atoms. The first-order valence-electron chi connectivity index (χ1n) is 5.58. The lowest BCUT2D eigenvalue weighted by atomic mass is 10.3. The van der Waals surface area contributed by atoms with Gasteiger partial charge in [0, 0.05) is 36.0 Å². The van der Waals surface area contributed by atoms with Crippen LogP contribution in [0.4, 0.5) is 0 Å². The van der Waals surface area contributed by atoms with Crippen LogP contribution in [0.5, 0.6) is 0 Å². The lowest BCUT2D eigenvalue weighted by molar-refractivity contribution is 0.112. The molecule has 0 saturated heterocycles. The largest absolute Gasteiger partial charge is 0.383 e. The van der Waals surface area contributed by atoms with Gasteiger partial charge in [-0.05, 0) is 33.2 Å². The van der Waals surface area contributed by atoms with Crippen molar-refractivity contribution < 1.29 is 4.74 Å². The predicted molar refractivity (Wildman–Crippen MR) is 69.9 cm³/mol. The summed E-state index contributed by atoms with van der Waals surface area (Å²) in [5.41, 5.74) is 0. The van der Waals surface area contributed by atoms with E-state index in [1.54, 1.807) is 7.11 Å². The van der Waals surface area contributed by atoms with E-state index >= 15 is 0 Å².